The molecule has 110 valence electrons. The monoisotopic (exact) mass is 296 g/mol. The molecular formula is C16H14N3O3+. The summed E-state index contributed by atoms with van der Waals surface area (Å²) in [5.74, 6) is 1.34. The van der Waals surface area contributed by atoms with Crippen molar-refractivity contribution in [3.8, 4) is 17.6 Å². The number of anilines is 1. The second-order valence-electron chi connectivity index (χ2n) is 4.50. The molecule has 6 nitrogen and oxygen atoms in total. The molecule has 22 heavy (non-hydrogen) atoms. The van der Waals surface area contributed by atoms with E-state index in [1.165, 1.54) is 0 Å². The Kier molecular flexibility index (Phi) is 4.07. The van der Waals surface area contributed by atoms with Gasteiger partial charge in [-0.15, -0.1) is 10.3 Å². The maximum atomic E-state index is 11.6. The van der Waals surface area contributed by atoms with Gasteiger partial charge in [0.25, 0.3) is 0 Å². The molecule has 0 spiro atoms. The standard InChI is InChI=1S/C16H13N3O3/c20-16(17-11-12-4-2-1-3-5-12)19-18-13-6-7-14-15(10-13)22-9-8-21-14/h1-7,10,18H,8-9H2/p+1. The summed E-state index contributed by atoms with van der Waals surface area (Å²) in [6.07, 6.45) is 0. The molecule has 0 aliphatic carbocycles. The van der Waals surface area contributed by atoms with Gasteiger partial charge in [0, 0.05) is 6.07 Å². The summed E-state index contributed by atoms with van der Waals surface area (Å²) in [6, 6.07) is 16.6. The Hall–Kier alpha value is -3.20. The molecule has 0 atom stereocenters. The fourth-order valence-corrected chi connectivity index (χ4v) is 1.90. The van der Waals surface area contributed by atoms with Gasteiger partial charge in [0.1, 0.15) is 13.2 Å². The number of nitrogens with zero attached hydrogens (tertiary/aromatic N) is 1. The third kappa shape index (κ3) is 3.46. The zero-order valence-corrected chi connectivity index (χ0v) is 11.7. The van der Waals surface area contributed by atoms with E-state index in [9.17, 15) is 4.79 Å². The maximum Gasteiger partial charge on any atom is 0.622 e. The first-order valence-electron chi connectivity index (χ1n) is 6.79. The highest BCUT2D eigenvalue weighted by molar-refractivity contribution is 5.86. The third-order valence-electron chi connectivity index (χ3n) is 2.92. The Morgan fingerprint density at radius 3 is 2.64 bits per heavy atom. The molecule has 0 fully saturated rings. The van der Waals surface area contributed by atoms with Crippen LogP contribution in [0.4, 0.5) is 10.5 Å². The maximum absolute atomic E-state index is 11.6. The number of fused-ring (bicyclic) bond motifs is 1. The van der Waals surface area contributed by atoms with Crippen LogP contribution >= 0.6 is 0 Å². The van der Waals surface area contributed by atoms with Crippen LogP contribution in [0.15, 0.2) is 48.5 Å². The van der Waals surface area contributed by atoms with Gasteiger partial charge in [0.2, 0.25) is 0 Å². The van der Waals surface area contributed by atoms with Crippen LogP contribution in [0, 0.1) is 6.07 Å². The minimum Gasteiger partial charge on any atom is -0.486 e. The van der Waals surface area contributed by atoms with E-state index < -0.39 is 6.03 Å². The Bertz CT molecular complexity index is 735. The van der Waals surface area contributed by atoms with Crippen LogP contribution in [0.3, 0.4) is 0 Å². The van der Waals surface area contributed by atoms with E-state index in [0.717, 1.165) is 5.56 Å². The average Bonchev–Trinajstić information content (AvgIpc) is 2.59. The van der Waals surface area contributed by atoms with Gasteiger partial charge >= 0.3 is 6.03 Å². The van der Waals surface area contributed by atoms with Gasteiger partial charge in [-0.1, -0.05) is 18.2 Å². The van der Waals surface area contributed by atoms with E-state index in [4.69, 9.17) is 9.47 Å². The molecule has 1 aliphatic rings. The number of rotatable bonds is 2. The smallest absolute Gasteiger partial charge is 0.486 e. The van der Waals surface area contributed by atoms with E-state index in [1.54, 1.807) is 18.2 Å². The lowest BCUT2D eigenvalue weighted by molar-refractivity contribution is 0.171. The summed E-state index contributed by atoms with van der Waals surface area (Å²) in [5, 5.41) is 0. The SMILES string of the molecule is O=C([N+]#Cc1ccccc1)NNc1ccc2c(c1)OCCO2. The van der Waals surface area contributed by atoms with Crippen molar-refractivity contribution in [3.63, 3.8) is 0 Å². The summed E-state index contributed by atoms with van der Waals surface area (Å²) in [4.78, 5) is 15.3. The van der Waals surface area contributed by atoms with E-state index in [2.05, 4.69) is 21.8 Å². The van der Waals surface area contributed by atoms with Gasteiger partial charge < -0.3 is 9.47 Å². The van der Waals surface area contributed by atoms with Crippen LogP contribution in [-0.2, 0) is 0 Å². The summed E-state index contributed by atoms with van der Waals surface area (Å²) in [5.41, 5.74) is 6.63. The number of ether oxygens (including phenoxy) is 2. The highest BCUT2D eigenvalue weighted by Gasteiger charge is 2.13. The molecular weight excluding hydrogens is 282 g/mol. The fraction of sp³-hybridized carbons (Fsp3) is 0.125. The molecule has 0 bridgehead atoms. The van der Waals surface area contributed by atoms with Crippen molar-refractivity contribution in [2.75, 3.05) is 18.6 Å². The number of urea groups is 1. The van der Waals surface area contributed by atoms with Gasteiger partial charge in [0.15, 0.2) is 17.6 Å². The van der Waals surface area contributed by atoms with Crippen molar-refractivity contribution >= 4 is 11.7 Å². The number of carbonyl (C=O) groups excluding carboxylic acids is 1. The number of amides is 2. The quantitative estimate of drug-likeness (QED) is 0.836. The Balaban J connectivity index is 1.58. The normalized spacial score (nSPS) is 11.8. The summed E-state index contributed by atoms with van der Waals surface area (Å²) >= 11 is 0. The molecule has 6 heteroatoms. The van der Waals surface area contributed by atoms with Crippen LogP contribution in [0.5, 0.6) is 11.5 Å². The van der Waals surface area contributed by atoms with Gasteiger partial charge in [-0.2, -0.15) is 4.79 Å². The zero-order chi connectivity index (χ0) is 15.2. The number of hydrazine groups is 1. The van der Waals surface area contributed by atoms with E-state index in [-0.39, 0.29) is 0 Å². The molecule has 0 saturated heterocycles. The summed E-state index contributed by atoms with van der Waals surface area (Å²) in [6.45, 7) is 1.06. The largest absolute Gasteiger partial charge is 0.622 e. The van der Waals surface area contributed by atoms with E-state index in [1.807, 2.05) is 30.3 Å². The summed E-state index contributed by atoms with van der Waals surface area (Å²) in [7, 11) is 0. The molecule has 0 unspecified atom stereocenters. The van der Waals surface area contributed by atoms with Gasteiger partial charge in [-0.05, 0) is 24.3 Å². The Labute approximate surface area is 127 Å². The molecule has 1 aliphatic heterocycles. The first kappa shape index (κ1) is 13.8. The van der Waals surface area contributed by atoms with E-state index >= 15 is 0 Å². The zero-order valence-electron chi connectivity index (χ0n) is 11.7. The van der Waals surface area contributed by atoms with Crippen molar-refractivity contribution in [2.24, 2.45) is 0 Å². The molecule has 2 aromatic rings. The van der Waals surface area contributed by atoms with Crippen LogP contribution < -0.4 is 20.3 Å². The molecule has 2 aromatic carbocycles. The van der Waals surface area contributed by atoms with Gasteiger partial charge in [-0.3, -0.25) is 0 Å². The number of hydrogen-bond donors (Lipinski definition) is 2. The second-order valence-corrected chi connectivity index (χ2v) is 4.50. The molecule has 3 rings (SSSR count). The lowest BCUT2D eigenvalue weighted by Crippen LogP contribution is -2.25. The molecule has 2 amide bonds. The highest BCUT2D eigenvalue weighted by atomic mass is 16.6. The van der Waals surface area contributed by atoms with Gasteiger partial charge in [0.05, 0.1) is 11.3 Å². The predicted octanol–water partition coefficient (Wildman–Crippen LogP) is 2.88. The molecule has 0 aromatic heterocycles. The van der Waals surface area contributed by atoms with Crippen molar-refractivity contribution in [2.45, 2.75) is 0 Å². The number of benzene rings is 2. The highest BCUT2D eigenvalue weighted by Crippen LogP contribution is 2.32. The molecule has 0 saturated carbocycles. The second kappa shape index (κ2) is 6.50. The van der Waals surface area contributed by atoms with Crippen LogP contribution in [0.2, 0.25) is 0 Å². The number of hydrogen-bond acceptors (Lipinski definition) is 4. The van der Waals surface area contributed by atoms with Crippen LogP contribution in [-0.4, -0.2) is 19.2 Å². The first-order chi connectivity index (χ1) is 10.8. The van der Waals surface area contributed by atoms with Crippen molar-refractivity contribution < 1.29 is 14.3 Å². The number of nitrogens with one attached hydrogen (secondary N) is 2. The fourth-order valence-electron chi connectivity index (χ4n) is 1.90. The lowest BCUT2D eigenvalue weighted by atomic mass is 10.2. The molecule has 1 heterocycles. The minimum atomic E-state index is -0.543. The predicted molar refractivity (Wildman–Crippen MR) is 82.4 cm³/mol. The summed E-state index contributed by atoms with van der Waals surface area (Å²) < 4.78 is 10.9. The first-order valence-corrected chi connectivity index (χ1v) is 6.79. The molecule has 0 radical (unpaired) electrons. The van der Waals surface area contributed by atoms with Gasteiger partial charge in [-0.25, -0.2) is 5.43 Å². The third-order valence-corrected chi connectivity index (χ3v) is 2.92. The molecule has 2 N–H and O–H groups in total. The van der Waals surface area contributed by atoms with Crippen molar-refractivity contribution in [3.05, 3.63) is 58.9 Å². The topological polar surface area (TPSA) is 64.0 Å². The van der Waals surface area contributed by atoms with Crippen molar-refractivity contribution in [1.82, 2.24) is 5.43 Å². The van der Waals surface area contributed by atoms with Crippen LogP contribution in [0.25, 0.3) is 4.85 Å². The lowest BCUT2D eigenvalue weighted by Gasteiger charge is -2.18. The minimum absolute atomic E-state index is 0.513. The average molecular weight is 296 g/mol. The Morgan fingerprint density at radius 1 is 1.05 bits per heavy atom. The Morgan fingerprint density at radius 2 is 1.82 bits per heavy atom. The van der Waals surface area contributed by atoms with E-state index in [0.29, 0.717) is 30.4 Å². The van der Waals surface area contributed by atoms with Crippen molar-refractivity contribution in [1.29, 1.82) is 0 Å². The number of carbonyl (C=O) groups is 1. The van der Waals surface area contributed by atoms with Crippen LogP contribution in [0.1, 0.15) is 5.56 Å².